The Morgan fingerprint density at radius 3 is 2.38 bits per heavy atom. The minimum atomic E-state index is 0.768. The number of rotatable bonds is 9. The lowest BCUT2D eigenvalue weighted by molar-refractivity contribution is 0.302. The van der Waals surface area contributed by atoms with Crippen LogP contribution in [-0.2, 0) is 0 Å². The number of unbranched alkanes of at least 4 members (excludes halogenated alkanes) is 2. The van der Waals surface area contributed by atoms with E-state index in [4.69, 9.17) is 9.47 Å². The van der Waals surface area contributed by atoms with Crippen molar-refractivity contribution in [2.75, 3.05) is 13.2 Å². The highest BCUT2D eigenvalue weighted by Gasteiger charge is 2.09. The zero-order valence-electron chi connectivity index (χ0n) is 12.9. The van der Waals surface area contributed by atoms with Crippen molar-refractivity contribution in [2.24, 2.45) is 0 Å². The fourth-order valence-electron chi connectivity index (χ4n) is 2.03. The second kappa shape index (κ2) is 8.73. The van der Waals surface area contributed by atoms with Crippen molar-refractivity contribution in [2.45, 2.75) is 39.5 Å². The van der Waals surface area contributed by atoms with Gasteiger partial charge in [0, 0.05) is 5.56 Å². The average molecular weight is 304 g/mol. The molecule has 0 bridgehead atoms. The van der Waals surface area contributed by atoms with E-state index in [0.717, 1.165) is 56.0 Å². The Bertz CT molecular complexity index is 520. The highest BCUT2D eigenvalue weighted by atomic mass is 32.1. The van der Waals surface area contributed by atoms with Gasteiger partial charge in [0.2, 0.25) is 0 Å². The van der Waals surface area contributed by atoms with Gasteiger partial charge in [0.15, 0.2) is 0 Å². The number of hydrogen-bond acceptors (Lipinski definition) is 3. The molecule has 0 N–H and O–H groups in total. The molecule has 0 unspecified atom stereocenters. The number of benzene rings is 1. The molecule has 2 rings (SSSR count). The van der Waals surface area contributed by atoms with Gasteiger partial charge in [-0.2, -0.15) is 11.3 Å². The summed E-state index contributed by atoms with van der Waals surface area (Å²) in [5, 5.41) is 4.24. The largest absolute Gasteiger partial charge is 0.494 e. The Balaban J connectivity index is 2.16. The molecule has 0 atom stereocenters. The Morgan fingerprint density at radius 1 is 0.952 bits per heavy atom. The van der Waals surface area contributed by atoms with Crippen LogP contribution in [0.1, 0.15) is 39.5 Å². The van der Waals surface area contributed by atoms with Crippen molar-refractivity contribution in [3.63, 3.8) is 0 Å². The Morgan fingerprint density at radius 2 is 1.71 bits per heavy atom. The lowest BCUT2D eigenvalue weighted by atomic mass is 10.1. The Kier molecular flexibility index (Phi) is 6.61. The van der Waals surface area contributed by atoms with Gasteiger partial charge in [-0.05, 0) is 53.4 Å². The summed E-state index contributed by atoms with van der Waals surface area (Å²) < 4.78 is 11.7. The van der Waals surface area contributed by atoms with Crippen molar-refractivity contribution >= 4 is 11.3 Å². The van der Waals surface area contributed by atoms with Gasteiger partial charge >= 0.3 is 0 Å². The maximum Gasteiger partial charge on any atom is 0.127 e. The van der Waals surface area contributed by atoms with Crippen molar-refractivity contribution in [1.82, 2.24) is 0 Å². The molecule has 2 nitrogen and oxygen atoms in total. The zero-order chi connectivity index (χ0) is 14.9. The molecule has 1 aromatic carbocycles. The third-order valence-corrected chi connectivity index (χ3v) is 3.99. The quantitative estimate of drug-likeness (QED) is 0.547. The van der Waals surface area contributed by atoms with Gasteiger partial charge in [-0.3, -0.25) is 0 Å². The van der Waals surface area contributed by atoms with E-state index in [-0.39, 0.29) is 0 Å². The van der Waals surface area contributed by atoms with Crippen molar-refractivity contribution in [3.05, 3.63) is 35.0 Å². The summed E-state index contributed by atoms with van der Waals surface area (Å²) in [6, 6.07) is 8.26. The monoisotopic (exact) mass is 304 g/mol. The van der Waals surface area contributed by atoms with Gasteiger partial charge in [0.05, 0.1) is 13.2 Å². The summed E-state index contributed by atoms with van der Waals surface area (Å²) in [5.41, 5.74) is 2.33. The lowest BCUT2D eigenvalue weighted by Crippen LogP contribution is -2.00. The predicted octanol–water partition coefficient (Wildman–Crippen LogP) is 5.77. The molecule has 114 valence electrons. The van der Waals surface area contributed by atoms with Gasteiger partial charge < -0.3 is 9.47 Å². The van der Waals surface area contributed by atoms with E-state index < -0.39 is 0 Å². The summed E-state index contributed by atoms with van der Waals surface area (Å²) >= 11 is 1.70. The van der Waals surface area contributed by atoms with Crippen LogP contribution in [0.25, 0.3) is 11.1 Å². The summed E-state index contributed by atoms with van der Waals surface area (Å²) in [6.07, 6.45) is 4.46. The number of ether oxygens (including phenoxy) is 2. The smallest absolute Gasteiger partial charge is 0.127 e. The van der Waals surface area contributed by atoms with E-state index in [1.54, 1.807) is 11.3 Å². The summed E-state index contributed by atoms with van der Waals surface area (Å²) in [6.45, 7) is 5.89. The van der Waals surface area contributed by atoms with Gasteiger partial charge in [-0.1, -0.05) is 26.7 Å². The Hall–Kier alpha value is -1.48. The molecule has 0 aliphatic heterocycles. The van der Waals surface area contributed by atoms with Gasteiger partial charge in [-0.25, -0.2) is 0 Å². The van der Waals surface area contributed by atoms with Crippen LogP contribution in [0.3, 0.4) is 0 Å². The van der Waals surface area contributed by atoms with Gasteiger partial charge in [0.1, 0.15) is 11.5 Å². The summed E-state index contributed by atoms with van der Waals surface area (Å²) in [7, 11) is 0. The first-order chi connectivity index (χ1) is 10.3. The topological polar surface area (TPSA) is 18.5 Å². The van der Waals surface area contributed by atoms with E-state index in [9.17, 15) is 0 Å². The van der Waals surface area contributed by atoms with E-state index in [2.05, 4.69) is 36.7 Å². The molecule has 0 aliphatic carbocycles. The van der Waals surface area contributed by atoms with Crippen LogP contribution >= 0.6 is 11.3 Å². The molecule has 0 amide bonds. The summed E-state index contributed by atoms with van der Waals surface area (Å²) in [5.74, 6) is 1.87. The third kappa shape index (κ3) is 4.78. The maximum atomic E-state index is 5.93. The average Bonchev–Trinajstić information content (AvgIpc) is 3.03. The van der Waals surface area contributed by atoms with E-state index in [1.165, 1.54) is 5.56 Å². The molecule has 2 aromatic rings. The molecule has 1 heterocycles. The van der Waals surface area contributed by atoms with E-state index in [1.807, 2.05) is 12.1 Å². The molecule has 0 aliphatic rings. The molecule has 1 aromatic heterocycles. The fourth-order valence-corrected chi connectivity index (χ4v) is 2.68. The molecule has 0 spiro atoms. The predicted molar refractivity (Wildman–Crippen MR) is 90.6 cm³/mol. The molecule has 0 fully saturated rings. The summed E-state index contributed by atoms with van der Waals surface area (Å²) in [4.78, 5) is 0. The Labute approximate surface area is 131 Å². The highest BCUT2D eigenvalue weighted by molar-refractivity contribution is 7.08. The maximum absolute atomic E-state index is 5.93. The van der Waals surface area contributed by atoms with Gasteiger partial charge in [0.25, 0.3) is 0 Å². The molecule has 0 saturated heterocycles. The van der Waals surface area contributed by atoms with Crippen molar-refractivity contribution in [1.29, 1.82) is 0 Å². The fraction of sp³-hybridized carbons (Fsp3) is 0.444. The van der Waals surface area contributed by atoms with Gasteiger partial charge in [-0.15, -0.1) is 0 Å². The molecular weight excluding hydrogens is 280 g/mol. The number of hydrogen-bond donors (Lipinski definition) is 0. The lowest BCUT2D eigenvalue weighted by Gasteiger charge is -2.13. The standard InChI is InChI=1S/C18H24O2S/c1-3-5-10-19-16-7-8-18(20-11-6-4-2)17(13-16)15-9-12-21-14-15/h7-9,12-14H,3-6,10-11H2,1-2H3. The van der Waals surface area contributed by atoms with Crippen molar-refractivity contribution in [3.8, 4) is 22.6 Å². The van der Waals surface area contributed by atoms with E-state index >= 15 is 0 Å². The van der Waals surface area contributed by atoms with Crippen LogP contribution in [0.2, 0.25) is 0 Å². The van der Waals surface area contributed by atoms with Crippen LogP contribution in [0.5, 0.6) is 11.5 Å². The van der Waals surface area contributed by atoms with E-state index in [0.29, 0.717) is 0 Å². The first kappa shape index (κ1) is 15.9. The molecular formula is C18H24O2S. The normalized spacial score (nSPS) is 10.6. The van der Waals surface area contributed by atoms with Crippen LogP contribution in [-0.4, -0.2) is 13.2 Å². The molecule has 0 radical (unpaired) electrons. The van der Waals surface area contributed by atoms with Crippen LogP contribution in [0.15, 0.2) is 35.0 Å². The molecule has 0 saturated carbocycles. The number of thiophene rings is 1. The van der Waals surface area contributed by atoms with Crippen molar-refractivity contribution < 1.29 is 9.47 Å². The first-order valence-electron chi connectivity index (χ1n) is 7.77. The highest BCUT2D eigenvalue weighted by Crippen LogP contribution is 2.35. The SMILES string of the molecule is CCCCOc1ccc(OCCCC)c(-c2ccsc2)c1. The molecule has 3 heteroatoms. The second-order valence-corrected chi connectivity index (χ2v) is 5.85. The molecule has 21 heavy (non-hydrogen) atoms. The van der Waals surface area contributed by atoms with Crippen LogP contribution in [0.4, 0.5) is 0 Å². The van der Waals surface area contributed by atoms with Crippen LogP contribution in [0, 0.1) is 0 Å². The minimum absolute atomic E-state index is 0.768. The zero-order valence-corrected chi connectivity index (χ0v) is 13.7. The second-order valence-electron chi connectivity index (χ2n) is 5.07. The van der Waals surface area contributed by atoms with Crippen LogP contribution < -0.4 is 9.47 Å². The first-order valence-corrected chi connectivity index (χ1v) is 8.71. The third-order valence-electron chi connectivity index (χ3n) is 3.31. The minimum Gasteiger partial charge on any atom is -0.494 e.